The first-order valence-electron chi connectivity index (χ1n) is 11.0. The summed E-state index contributed by atoms with van der Waals surface area (Å²) in [6.45, 7) is 4.88. The number of hydrogen-bond acceptors (Lipinski definition) is 6. The van der Waals surface area contributed by atoms with Gasteiger partial charge >= 0.3 is 6.03 Å². The minimum Gasteiger partial charge on any atom is -0.322 e. The number of anilines is 1. The number of nitrogens with zero attached hydrogens (tertiary/aromatic N) is 5. The lowest BCUT2D eigenvalue weighted by atomic mass is 10.1. The summed E-state index contributed by atoms with van der Waals surface area (Å²) in [7, 11) is 0. The third kappa shape index (κ3) is 4.68. The molecule has 2 aromatic carbocycles. The van der Waals surface area contributed by atoms with Gasteiger partial charge in [0, 0.05) is 50.0 Å². The Balaban J connectivity index is 1.24. The van der Waals surface area contributed by atoms with Crippen molar-refractivity contribution in [3.05, 3.63) is 82.0 Å². The topological polar surface area (TPSA) is 82.8 Å². The van der Waals surface area contributed by atoms with Crippen LogP contribution in [0.1, 0.15) is 11.3 Å². The first-order valence-corrected chi connectivity index (χ1v) is 11.8. The van der Waals surface area contributed by atoms with Gasteiger partial charge in [-0.3, -0.25) is 9.69 Å². The molecule has 1 fully saturated rings. The normalized spacial score (nSPS) is 14.5. The third-order valence-electron chi connectivity index (χ3n) is 5.79. The zero-order chi connectivity index (χ0) is 23.7. The van der Waals surface area contributed by atoms with Crippen molar-refractivity contribution in [2.45, 2.75) is 13.5 Å². The third-order valence-corrected chi connectivity index (χ3v) is 6.74. The number of aryl methyl sites for hydroxylation is 1. The fourth-order valence-corrected chi connectivity index (χ4v) is 4.98. The summed E-state index contributed by atoms with van der Waals surface area (Å²) in [5.74, 6) is -0.394. The van der Waals surface area contributed by atoms with Crippen LogP contribution < -0.4 is 10.9 Å². The van der Waals surface area contributed by atoms with Crippen molar-refractivity contribution in [1.82, 2.24) is 24.4 Å². The van der Waals surface area contributed by atoms with E-state index in [9.17, 15) is 14.0 Å². The number of hydrogen-bond donors (Lipinski definition) is 1. The lowest BCUT2D eigenvalue weighted by Crippen LogP contribution is -2.49. The van der Waals surface area contributed by atoms with E-state index in [0.29, 0.717) is 49.1 Å². The quantitative estimate of drug-likeness (QED) is 0.485. The van der Waals surface area contributed by atoms with E-state index >= 15 is 0 Å². The highest BCUT2D eigenvalue weighted by Crippen LogP contribution is 2.27. The van der Waals surface area contributed by atoms with Crippen molar-refractivity contribution in [3.8, 4) is 10.6 Å². The number of halogens is 1. The zero-order valence-electron chi connectivity index (χ0n) is 18.6. The molecule has 0 aliphatic carbocycles. The molecule has 0 spiro atoms. The number of aromatic nitrogens is 3. The molecule has 0 unspecified atom stereocenters. The van der Waals surface area contributed by atoms with E-state index in [-0.39, 0.29) is 11.6 Å². The summed E-state index contributed by atoms with van der Waals surface area (Å²) in [6, 6.07) is 15.0. The van der Waals surface area contributed by atoms with Gasteiger partial charge in [-0.05, 0) is 30.7 Å². The summed E-state index contributed by atoms with van der Waals surface area (Å²) in [5.41, 5.74) is 2.99. The number of carbonyl (C=O) groups excluding carboxylic acids is 1. The second-order valence-electron chi connectivity index (χ2n) is 8.21. The number of carbonyl (C=O) groups is 1. The maximum absolute atomic E-state index is 13.3. The molecule has 5 rings (SSSR count). The van der Waals surface area contributed by atoms with Crippen LogP contribution in [0.25, 0.3) is 15.5 Å². The molecule has 1 saturated heterocycles. The van der Waals surface area contributed by atoms with E-state index in [0.717, 1.165) is 16.1 Å². The Morgan fingerprint density at radius 3 is 2.65 bits per heavy atom. The van der Waals surface area contributed by atoms with Gasteiger partial charge in [0.2, 0.25) is 4.96 Å². The number of nitrogens with one attached hydrogen (secondary N) is 1. The second kappa shape index (κ2) is 9.32. The van der Waals surface area contributed by atoms with Crippen molar-refractivity contribution >= 4 is 28.0 Å². The van der Waals surface area contributed by atoms with E-state index < -0.39 is 5.82 Å². The van der Waals surface area contributed by atoms with Gasteiger partial charge in [-0.15, -0.1) is 0 Å². The van der Waals surface area contributed by atoms with Gasteiger partial charge in [-0.2, -0.15) is 9.61 Å². The van der Waals surface area contributed by atoms with Crippen molar-refractivity contribution < 1.29 is 9.18 Å². The van der Waals surface area contributed by atoms with Gasteiger partial charge in [-0.1, -0.05) is 41.7 Å². The van der Waals surface area contributed by atoms with E-state index in [1.54, 1.807) is 17.0 Å². The summed E-state index contributed by atoms with van der Waals surface area (Å²) in [5, 5.41) is 7.96. The standard InChI is InChI=1S/C24H23FN6O2S/c1-16-5-2-3-8-20(16)22-28-31-21(32)14-19(27-24(31)34-22)15-29-9-11-30(12-10-29)23(33)26-18-7-4-6-17(25)13-18/h2-8,13-14H,9-12,15H2,1H3,(H,26,33). The number of fused-ring (bicyclic) bond motifs is 1. The highest BCUT2D eigenvalue weighted by molar-refractivity contribution is 7.19. The molecule has 34 heavy (non-hydrogen) atoms. The molecule has 0 saturated carbocycles. The Hall–Kier alpha value is -3.63. The lowest BCUT2D eigenvalue weighted by molar-refractivity contribution is 0.142. The Morgan fingerprint density at radius 2 is 1.88 bits per heavy atom. The second-order valence-corrected chi connectivity index (χ2v) is 9.16. The van der Waals surface area contributed by atoms with Crippen LogP contribution in [-0.2, 0) is 6.54 Å². The Morgan fingerprint density at radius 1 is 1.09 bits per heavy atom. The van der Waals surface area contributed by atoms with E-state index in [4.69, 9.17) is 0 Å². The Bertz CT molecular complexity index is 1410. The number of piperazine rings is 1. The van der Waals surface area contributed by atoms with Crippen LogP contribution >= 0.6 is 11.3 Å². The predicted molar refractivity (Wildman–Crippen MR) is 130 cm³/mol. The maximum atomic E-state index is 13.3. The Labute approximate surface area is 199 Å². The van der Waals surface area contributed by atoms with Crippen molar-refractivity contribution in [2.24, 2.45) is 0 Å². The average Bonchev–Trinajstić information content (AvgIpc) is 3.24. The summed E-state index contributed by atoms with van der Waals surface area (Å²) in [4.78, 5) is 34.3. The van der Waals surface area contributed by atoms with Crippen molar-refractivity contribution in [3.63, 3.8) is 0 Å². The van der Waals surface area contributed by atoms with Crippen LogP contribution in [0.5, 0.6) is 0 Å². The molecule has 4 aromatic rings. The lowest BCUT2D eigenvalue weighted by Gasteiger charge is -2.34. The van der Waals surface area contributed by atoms with Gasteiger partial charge < -0.3 is 10.2 Å². The van der Waals surface area contributed by atoms with Gasteiger partial charge in [-0.25, -0.2) is 14.2 Å². The van der Waals surface area contributed by atoms with Crippen LogP contribution in [0, 0.1) is 12.7 Å². The predicted octanol–water partition coefficient (Wildman–Crippen LogP) is 3.62. The fourth-order valence-electron chi connectivity index (χ4n) is 3.97. The Kier molecular flexibility index (Phi) is 6.08. The first kappa shape index (κ1) is 22.2. The molecule has 0 radical (unpaired) electrons. The van der Waals surface area contributed by atoms with Crippen LogP contribution in [-0.4, -0.2) is 56.6 Å². The van der Waals surface area contributed by atoms with Gasteiger partial charge in [0.1, 0.15) is 10.8 Å². The van der Waals surface area contributed by atoms with E-state index in [1.807, 2.05) is 31.2 Å². The summed E-state index contributed by atoms with van der Waals surface area (Å²) in [6.07, 6.45) is 0. The first-order chi connectivity index (χ1) is 16.5. The zero-order valence-corrected chi connectivity index (χ0v) is 19.4. The van der Waals surface area contributed by atoms with Crippen LogP contribution in [0.15, 0.2) is 59.4 Å². The van der Waals surface area contributed by atoms with Gasteiger partial charge in [0.15, 0.2) is 0 Å². The maximum Gasteiger partial charge on any atom is 0.321 e. The van der Waals surface area contributed by atoms with Crippen LogP contribution in [0.3, 0.4) is 0 Å². The number of rotatable bonds is 4. The molecule has 1 aliphatic heterocycles. The van der Waals surface area contributed by atoms with Crippen LogP contribution in [0.4, 0.5) is 14.9 Å². The fraction of sp³-hybridized carbons (Fsp3) is 0.250. The number of urea groups is 1. The molecule has 3 heterocycles. The number of benzene rings is 2. The smallest absolute Gasteiger partial charge is 0.321 e. The van der Waals surface area contributed by atoms with Crippen molar-refractivity contribution in [1.29, 1.82) is 0 Å². The largest absolute Gasteiger partial charge is 0.322 e. The molecule has 8 nitrogen and oxygen atoms in total. The molecule has 174 valence electrons. The molecular formula is C24H23FN6O2S. The highest BCUT2D eigenvalue weighted by atomic mass is 32.1. The number of amides is 2. The minimum atomic E-state index is -0.394. The molecule has 1 aliphatic rings. The molecular weight excluding hydrogens is 455 g/mol. The summed E-state index contributed by atoms with van der Waals surface area (Å²) >= 11 is 1.40. The molecule has 2 amide bonds. The van der Waals surface area contributed by atoms with Gasteiger partial charge in [0.25, 0.3) is 5.56 Å². The SMILES string of the molecule is Cc1ccccc1-c1nn2c(=O)cc(CN3CCN(C(=O)Nc4cccc(F)c4)CC3)nc2s1. The van der Waals surface area contributed by atoms with E-state index in [1.165, 1.54) is 34.1 Å². The monoisotopic (exact) mass is 478 g/mol. The highest BCUT2D eigenvalue weighted by Gasteiger charge is 2.22. The average molecular weight is 479 g/mol. The molecule has 10 heteroatoms. The minimum absolute atomic E-state index is 0.204. The molecule has 0 bridgehead atoms. The molecule has 2 aromatic heterocycles. The molecule has 0 atom stereocenters. The van der Waals surface area contributed by atoms with Gasteiger partial charge in [0.05, 0.1) is 5.69 Å². The van der Waals surface area contributed by atoms with Crippen LogP contribution in [0.2, 0.25) is 0 Å². The van der Waals surface area contributed by atoms with Crippen molar-refractivity contribution in [2.75, 3.05) is 31.5 Å². The summed E-state index contributed by atoms with van der Waals surface area (Å²) < 4.78 is 14.7. The molecule has 1 N–H and O–H groups in total. The van der Waals surface area contributed by atoms with E-state index in [2.05, 4.69) is 20.3 Å².